The number of rotatable bonds is 3. The van der Waals surface area contributed by atoms with Crippen LogP contribution < -0.4 is 11.4 Å². The van der Waals surface area contributed by atoms with Crippen LogP contribution in [-0.2, 0) is 4.79 Å². The minimum absolute atomic E-state index is 0.0481. The summed E-state index contributed by atoms with van der Waals surface area (Å²) in [6, 6.07) is 6.88. The molecule has 3 N–H and O–H groups in total. The molecular weight excluding hydrogens is 234 g/mol. The highest BCUT2D eigenvalue weighted by atomic mass is 16.4. The Kier molecular flexibility index (Phi) is 3.16. The summed E-state index contributed by atoms with van der Waals surface area (Å²) in [6.07, 6.45) is -1.54. The number of aliphatic hydroxyl groups excluding tert-OH is 1. The molecule has 1 amide bonds. The third-order valence-electron chi connectivity index (χ3n) is 2.67. The zero-order chi connectivity index (χ0) is 13.3. The molecule has 18 heavy (non-hydrogen) atoms. The van der Waals surface area contributed by atoms with Crippen molar-refractivity contribution in [3.8, 4) is 0 Å². The van der Waals surface area contributed by atoms with E-state index in [0.29, 0.717) is 11.0 Å². The Morgan fingerprint density at radius 1 is 1.44 bits per heavy atom. The first-order valence-electron chi connectivity index (χ1n) is 5.48. The van der Waals surface area contributed by atoms with Crippen molar-refractivity contribution in [3.63, 3.8) is 0 Å². The molecule has 0 bridgehead atoms. The fraction of sp³-hybridized carbons (Fsp3) is 0.231. The highest BCUT2D eigenvalue weighted by molar-refractivity contribution is 5.78. The van der Waals surface area contributed by atoms with Gasteiger partial charge >= 0.3 is 5.63 Å². The lowest BCUT2D eigenvalue weighted by Crippen LogP contribution is -2.19. The average molecular weight is 247 g/mol. The number of fused-ring (bicyclic) bond motifs is 1. The number of nitrogens with two attached hydrogens (primary N) is 1. The molecule has 5 heteroatoms. The van der Waals surface area contributed by atoms with E-state index in [1.165, 1.54) is 6.07 Å². The molecule has 5 nitrogen and oxygen atoms in total. The summed E-state index contributed by atoms with van der Waals surface area (Å²) in [5.74, 6) is -0.675. The van der Waals surface area contributed by atoms with E-state index >= 15 is 0 Å². The van der Waals surface area contributed by atoms with Gasteiger partial charge in [0.1, 0.15) is 5.58 Å². The predicted octanol–water partition coefficient (Wildman–Crippen LogP) is 1.01. The molecule has 0 aliphatic heterocycles. The quantitative estimate of drug-likeness (QED) is 0.791. The van der Waals surface area contributed by atoms with Crippen molar-refractivity contribution in [2.75, 3.05) is 0 Å². The number of hydrogen-bond donors (Lipinski definition) is 2. The summed E-state index contributed by atoms with van der Waals surface area (Å²) in [5, 5.41) is 10.4. The molecule has 1 aromatic carbocycles. The molecule has 1 unspecified atom stereocenters. The normalized spacial score (nSPS) is 12.6. The van der Waals surface area contributed by atoms with Gasteiger partial charge in [-0.15, -0.1) is 0 Å². The minimum atomic E-state index is -1.23. The molecule has 2 aromatic rings. The Bertz CT molecular complexity index is 660. The molecule has 1 heterocycles. The van der Waals surface area contributed by atoms with Gasteiger partial charge in [-0.25, -0.2) is 4.79 Å². The van der Waals surface area contributed by atoms with Crippen molar-refractivity contribution in [3.05, 3.63) is 45.8 Å². The molecule has 0 aliphatic rings. The highest BCUT2D eigenvalue weighted by Gasteiger charge is 2.16. The predicted molar refractivity (Wildman–Crippen MR) is 66.0 cm³/mol. The van der Waals surface area contributed by atoms with Crippen LogP contribution in [0.15, 0.2) is 33.5 Å². The van der Waals surface area contributed by atoms with Crippen LogP contribution in [0.5, 0.6) is 0 Å². The van der Waals surface area contributed by atoms with Crippen molar-refractivity contribution < 1.29 is 14.3 Å². The van der Waals surface area contributed by atoms with Crippen molar-refractivity contribution in [2.24, 2.45) is 5.73 Å². The van der Waals surface area contributed by atoms with Crippen LogP contribution in [-0.4, -0.2) is 11.0 Å². The minimum Gasteiger partial charge on any atom is -0.422 e. The van der Waals surface area contributed by atoms with Crippen LogP contribution in [0.25, 0.3) is 11.0 Å². The van der Waals surface area contributed by atoms with Gasteiger partial charge in [-0.2, -0.15) is 0 Å². The standard InChI is InChI=1S/C13H13NO4/c1-7-2-3-11-8(4-7)5-9(13(17)18-11)10(15)6-12(14)16/h2-5,10,15H,6H2,1H3,(H2,14,16). The third kappa shape index (κ3) is 2.41. The number of carbonyl (C=O) groups excluding carboxylic acids is 1. The molecule has 0 spiro atoms. The lowest BCUT2D eigenvalue weighted by atomic mass is 10.1. The average Bonchev–Trinajstić information content (AvgIpc) is 2.27. The van der Waals surface area contributed by atoms with Gasteiger partial charge in [0, 0.05) is 5.39 Å². The number of hydrogen-bond acceptors (Lipinski definition) is 4. The summed E-state index contributed by atoms with van der Waals surface area (Å²) in [5.41, 5.74) is 5.83. The Hall–Kier alpha value is -2.14. The monoisotopic (exact) mass is 247 g/mol. The van der Waals surface area contributed by atoms with E-state index in [4.69, 9.17) is 10.2 Å². The molecule has 0 saturated carbocycles. The Balaban J connectivity index is 2.54. The third-order valence-corrected chi connectivity index (χ3v) is 2.67. The summed E-state index contributed by atoms with van der Waals surface area (Å²) in [6.45, 7) is 1.91. The van der Waals surface area contributed by atoms with E-state index in [0.717, 1.165) is 5.56 Å². The van der Waals surface area contributed by atoms with Crippen molar-refractivity contribution >= 4 is 16.9 Å². The summed E-state index contributed by atoms with van der Waals surface area (Å²) >= 11 is 0. The zero-order valence-electron chi connectivity index (χ0n) is 9.84. The molecule has 0 radical (unpaired) electrons. The Labute approximate surface area is 103 Å². The van der Waals surface area contributed by atoms with Gasteiger partial charge in [0.05, 0.1) is 18.1 Å². The number of benzene rings is 1. The number of amides is 1. The Morgan fingerprint density at radius 3 is 2.83 bits per heavy atom. The molecule has 0 fully saturated rings. The summed E-state index contributed by atoms with van der Waals surface area (Å²) in [4.78, 5) is 22.4. The van der Waals surface area contributed by atoms with Gasteiger partial charge in [0.25, 0.3) is 0 Å². The van der Waals surface area contributed by atoms with E-state index in [-0.39, 0.29) is 12.0 Å². The fourth-order valence-corrected chi connectivity index (χ4v) is 1.79. The van der Waals surface area contributed by atoms with Crippen LogP contribution in [0.2, 0.25) is 0 Å². The summed E-state index contributed by atoms with van der Waals surface area (Å²) < 4.78 is 5.08. The molecule has 2 rings (SSSR count). The van der Waals surface area contributed by atoms with Gasteiger partial charge in [0.15, 0.2) is 0 Å². The molecule has 94 valence electrons. The second-order valence-electron chi connectivity index (χ2n) is 4.22. The maximum absolute atomic E-state index is 11.7. The number of aliphatic hydroxyl groups is 1. The highest BCUT2D eigenvalue weighted by Crippen LogP contribution is 2.20. The first kappa shape index (κ1) is 12.3. The summed E-state index contributed by atoms with van der Waals surface area (Å²) in [7, 11) is 0. The first-order chi connectivity index (χ1) is 8.47. The van der Waals surface area contributed by atoms with Crippen LogP contribution in [0.3, 0.4) is 0 Å². The molecule has 1 atom stereocenters. The van der Waals surface area contributed by atoms with E-state index in [2.05, 4.69) is 0 Å². The van der Waals surface area contributed by atoms with Crippen molar-refractivity contribution in [1.82, 2.24) is 0 Å². The number of aryl methyl sites for hydroxylation is 1. The SMILES string of the molecule is Cc1ccc2oc(=O)c(C(O)CC(N)=O)cc2c1. The maximum atomic E-state index is 11.7. The van der Waals surface area contributed by atoms with Crippen LogP contribution >= 0.6 is 0 Å². The lowest BCUT2D eigenvalue weighted by molar-refractivity contribution is -0.119. The van der Waals surface area contributed by atoms with Crippen molar-refractivity contribution in [1.29, 1.82) is 0 Å². The molecule has 0 saturated heterocycles. The van der Waals surface area contributed by atoms with Crippen LogP contribution in [0.4, 0.5) is 0 Å². The largest absolute Gasteiger partial charge is 0.422 e. The van der Waals surface area contributed by atoms with E-state index < -0.39 is 17.6 Å². The van der Waals surface area contributed by atoms with Crippen molar-refractivity contribution in [2.45, 2.75) is 19.4 Å². The second-order valence-corrected chi connectivity index (χ2v) is 4.22. The number of primary amides is 1. The van der Waals surface area contributed by atoms with Crippen LogP contribution in [0, 0.1) is 6.92 Å². The fourth-order valence-electron chi connectivity index (χ4n) is 1.79. The van der Waals surface area contributed by atoms with E-state index in [9.17, 15) is 14.7 Å². The molecule has 1 aromatic heterocycles. The van der Waals surface area contributed by atoms with E-state index in [1.807, 2.05) is 19.1 Å². The topological polar surface area (TPSA) is 93.5 Å². The Morgan fingerprint density at radius 2 is 2.17 bits per heavy atom. The van der Waals surface area contributed by atoms with Gasteiger partial charge < -0.3 is 15.3 Å². The van der Waals surface area contributed by atoms with Gasteiger partial charge in [-0.05, 0) is 25.1 Å². The van der Waals surface area contributed by atoms with Gasteiger partial charge in [-0.3, -0.25) is 4.79 Å². The second kappa shape index (κ2) is 4.62. The zero-order valence-corrected chi connectivity index (χ0v) is 9.84. The molecular formula is C13H13NO4. The van der Waals surface area contributed by atoms with E-state index in [1.54, 1.807) is 6.07 Å². The van der Waals surface area contributed by atoms with Crippen LogP contribution in [0.1, 0.15) is 23.7 Å². The lowest BCUT2D eigenvalue weighted by Gasteiger charge is -2.08. The molecule has 0 aliphatic carbocycles. The van der Waals surface area contributed by atoms with Gasteiger partial charge in [-0.1, -0.05) is 11.6 Å². The smallest absolute Gasteiger partial charge is 0.342 e. The first-order valence-corrected chi connectivity index (χ1v) is 5.48. The maximum Gasteiger partial charge on any atom is 0.342 e. The van der Waals surface area contributed by atoms with Gasteiger partial charge in [0.2, 0.25) is 5.91 Å². The number of carbonyl (C=O) groups is 1.